The summed E-state index contributed by atoms with van der Waals surface area (Å²) in [4.78, 5) is 55.6. The van der Waals surface area contributed by atoms with E-state index in [0.29, 0.717) is 29.7 Å². The van der Waals surface area contributed by atoms with Crippen molar-refractivity contribution in [1.82, 2.24) is 15.5 Å². The number of allylic oxidation sites excluding steroid dienone is 3. The number of hydrogen-bond donors (Lipinski definition) is 3. The third kappa shape index (κ3) is 9.15. The number of unbranched alkanes of at least 4 members (excludes halogenated alkanes) is 2. The van der Waals surface area contributed by atoms with Crippen LogP contribution in [-0.4, -0.2) is 59.1 Å². The van der Waals surface area contributed by atoms with Crippen molar-refractivity contribution in [3.63, 3.8) is 0 Å². The SMILES string of the molecule is C=C(C)[C@@H]1CCC(C)=C[C@H]1c1c(O)cc(CCCCC)cc1OC(=O)NCC1=C(C(=O)OCC(C)C)N2C(=O)[C@@H](NC(=O)Cc3cccs3)[C@H]2CC1. The molecule has 0 radical (unpaired) electrons. The third-order valence-corrected chi connectivity index (χ3v) is 11.0. The summed E-state index contributed by atoms with van der Waals surface area (Å²) < 4.78 is 11.6. The predicted molar refractivity (Wildman–Crippen MR) is 202 cm³/mol. The number of aryl methyl sites for hydroxylation is 1. The molecule has 2 aliphatic heterocycles. The minimum atomic E-state index is -0.743. The maximum absolute atomic E-state index is 13.6. The minimum absolute atomic E-state index is 0.0504. The molecule has 1 saturated heterocycles. The number of fused-ring (bicyclic) bond motifs is 1. The third-order valence-electron chi connectivity index (χ3n) is 10.1. The lowest BCUT2D eigenvalue weighted by Gasteiger charge is -2.50. The van der Waals surface area contributed by atoms with Gasteiger partial charge in [0, 0.05) is 22.9 Å². The van der Waals surface area contributed by atoms with Crippen LogP contribution in [0.5, 0.6) is 11.5 Å². The lowest BCUT2D eigenvalue weighted by atomic mass is 9.73. The van der Waals surface area contributed by atoms with E-state index in [1.165, 1.54) is 21.8 Å². The van der Waals surface area contributed by atoms with Gasteiger partial charge in [0.1, 0.15) is 23.2 Å². The molecule has 3 amide bonds. The van der Waals surface area contributed by atoms with Crippen LogP contribution in [0.1, 0.15) is 101 Å². The first-order valence-corrected chi connectivity index (χ1v) is 19.4. The second kappa shape index (κ2) is 17.4. The molecule has 0 bridgehead atoms. The van der Waals surface area contributed by atoms with Gasteiger partial charge in [-0.2, -0.15) is 0 Å². The zero-order valence-corrected chi connectivity index (χ0v) is 31.9. The Kier molecular flexibility index (Phi) is 13.0. The average Bonchev–Trinajstić information content (AvgIpc) is 3.61. The zero-order chi connectivity index (χ0) is 37.5. The molecule has 11 heteroatoms. The summed E-state index contributed by atoms with van der Waals surface area (Å²) >= 11 is 1.47. The van der Waals surface area contributed by atoms with Crippen molar-refractivity contribution in [2.45, 2.75) is 110 Å². The number of esters is 1. The number of nitrogens with one attached hydrogen (secondary N) is 2. The maximum atomic E-state index is 13.6. The average molecular weight is 732 g/mol. The van der Waals surface area contributed by atoms with Crippen molar-refractivity contribution in [1.29, 1.82) is 0 Å². The highest BCUT2D eigenvalue weighted by Gasteiger charge is 2.53. The fourth-order valence-electron chi connectivity index (χ4n) is 7.44. The van der Waals surface area contributed by atoms with Crippen LogP contribution in [0.15, 0.2) is 64.7 Å². The first kappa shape index (κ1) is 38.8. The Morgan fingerprint density at radius 2 is 1.94 bits per heavy atom. The first-order valence-electron chi connectivity index (χ1n) is 18.6. The van der Waals surface area contributed by atoms with Gasteiger partial charge in [-0.3, -0.25) is 14.5 Å². The summed E-state index contributed by atoms with van der Waals surface area (Å²) in [5.74, 6) is -0.965. The monoisotopic (exact) mass is 731 g/mol. The molecule has 1 aromatic carbocycles. The number of ether oxygens (including phenoxy) is 2. The number of β-lactam (4-membered cyclic amide) rings is 1. The van der Waals surface area contributed by atoms with Crippen molar-refractivity contribution < 1.29 is 33.8 Å². The van der Waals surface area contributed by atoms with Crippen molar-refractivity contribution in [3.8, 4) is 11.5 Å². The minimum Gasteiger partial charge on any atom is -0.507 e. The number of phenols is 1. The highest BCUT2D eigenvalue weighted by Crippen LogP contribution is 2.47. The molecule has 0 spiro atoms. The van der Waals surface area contributed by atoms with Crippen LogP contribution < -0.4 is 15.4 Å². The van der Waals surface area contributed by atoms with Crippen molar-refractivity contribution in [2.24, 2.45) is 11.8 Å². The van der Waals surface area contributed by atoms with Gasteiger partial charge in [0.05, 0.1) is 19.1 Å². The highest BCUT2D eigenvalue weighted by molar-refractivity contribution is 7.10. The Bertz CT molecular complexity index is 1730. The highest BCUT2D eigenvalue weighted by atomic mass is 32.1. The van der Waals surface area contributed by atoms with Crippen LogP contribution in [0, 0.1) is 11.8 Å². The molecule has 52 heavy (non-hydrogen) atoms. The number of amides is 3. The zero-order valence-electron chi connectivity index (χ0n) is 31.1. The summed E-state index contributed by atoms with van der Waals surface area (Å²) in [6, 6.07) is 6.24. The topological polar surface area (TPSA) is 134 Å². The number of benzene rings is 1. The number of carbonyl (C=O) groups excluding carboxylic acids is 4. The van der Waals surface area contributed by atoms with Gasteiger partial charge < -0.3 is 25.2 Å². The number of aromatic hydroxyl groups is 1. The fourth-order valence-corrected chi connectivity index (χ4v) is 8.14. The predicted octanol–water partition coefficient (Wildman–Crippen LogP) is 7.48. The molecule has 0 unspecified atom stereocenters. The Morgan fingerprint density at radius 3 is 2.63 bits per heavy atom. The van der Waals surface area contributed by atoms with E-state index in [-0.39, 0.29) is 60.6 Å². The number of hydrogen-bond acceptors (Lipinski definition) is 8. The van der Waals surface area contributed by atoms with E-state index in [1.807, 2.05) is 44.4 Å². The van der Waals surface area contributed by atoms with E-state index in [4.69, 9.17) is 9.47 Å². The van der Waals surface area contributed by atoms with Crippen LogP contribution in [0.4, 0.5) is 4.79 Å². The van der Waals surface area contributed by atoms with Crippen molar-refractivity contribution >= 4 is 35.2 Å². The van der Waals surface area contributed by atoms with Gasteiger partial charge in [-0.05, 0) is 98.9 Å². The smallest absolute Gasteiger partial charge is 0.412 e. The van der Waals surface area contributed by atoms with E-state index in [2.05, 4.69) is 37.1 Å². The summed E-state index contributed by atoms with van der Waals surface area (Å²) in [5.41, 5.74) is 4.29. The van der Waals surface area contributed by atoms with Crippen LogP contribution in [0.2, 0.25) is 0 Å². The molecular weight excluding hydrogens is 679 g/mol. The number of phenolic OH excluding ortho intramolecular Hbond substituents is 1. The Labute approximate surface area is 311 Å². The number of carbonyl (C=O) groups is 4. The second-order valence-electron chi connectivity index (χ2n) is 14.8. The largest absolute Gasteiger partial charge is 0.507 e. The molecule has 5 rings (SSSR count). The number of nitrogens with zero attached hydrogens (tertiary/aromatic N) is 1. The Hall–Kier alpha value is -4.38. The van der Waals surface area contributed by atoms with Gasteiger partial charge in [0.15, 0.2) is 0 Å². The van der Waals surface area contributed by atoms with E-state index >= 15 is 0 Å². The normalized spacial score (nSPS) is 21.2. The van der Waals surface area contributed by atoms with Crippen molar-refractivity contribution in [3.05, 3.63) is 80.7 Å². The molecule has 2 aromatic rings. The van der Waals surface area contributed by atoms with Gasteiger partial charge in [-0.25, -0.2) is 9.59 Å². The molecule has 4 atom stereocenters. The molecule has 1 fully saturated rings. The summed E-state index contributed by atoms with van der Waals surface area (Å²) in [5, 5.41) is 19.0. The Balaban J connectivity index is 1.36. The second-order valence-corrected chi connectivity index (χ2v) is 15.8. The van der Waals surface area contributed by atoms with Gasteiger partial charge in [-0.15, -0.1) is 11.3 Å². The summed E-state index contributed by atoms with van der Waals surface area (Å²) in [6.45, 7) is 14.4. The van der Waals surface area contributed by atoms with E-state index in [9.17, 15) is 24.3 Å². The van der Waals surface area contributed by atoms with E-state index in [0.717, 1.165) is 54.5 Å². The standard InChI is InChI=1S/C41H53N3O7S/c1-7-8-9-11-27-19-33(45)36(31-18-26(6)13-15-30(31)25(4)5)34(20-27)51-41(49)42-22-28-14-16-32-37(43-35(46)21-29-12-10-17-52-29)39(47)44(32)38(28)40(48)50-23-24(2)3/h10,12,17-20,24,30-32,37,45H,4,7-9,11,13-16,21-23H2,1-3,5-6H3,(H,42,49)(H,43,46)/t30-,31+,32+,37-/m0/s1. The van der Waals surface area contributed by atoms with Gasteiger partial charge >= 0.3 is 12.1 Å². The number of thiophene rings is 1. The molecule has 3 N–H and O–H groups in total. The summed E-state index contributed by atoms with van der Waals surface area (Å²) in [6.07, 6.45) is 8.06. The van der Waals surface area contributed by atoms with Gasteiger partial charge in [-0.1, -0.05) is 63.5 Å². The van der Waals surface area contributed by atoms with Crippen molar-refractivity contribution in [2.75, 3.05) is 13.2 Å². The lowest BCUT2D eigenvalue weighted by Crippen LogP contribution is -2.72. The summed E-state index contributed by atoms with van der Waals surface area (Å²) in [7, 11) is 0. The molecule has 0 saturated carbocycles. The quantitative estimate of drug-likeness (QED) is 0.0749. The van der Waals surface area contributed by atoms with Crippen LogP contribution in [-0.2, 0) is 32.0 Å². The molecule has 1 aliphatic carbocycles. The van der Waals surface area contributed by atoms with Crippen LogP contribution in [0.25, 0.3) is 0 Å². The van der Waals surface area contributed by atoms with Gasteiger partial charge in [0.25, 0.3) is 5.91 Å². The molecule has 3 aliphatic rings. The molecule has 1 aromatic heterocycles. The lowest BCUT2D eigenvalue weighted by molar-refractivity contribution is -0.158. The molecule has 3 heterocycles. The number of rotatable bonds is 15. The Morgan fingerprint density at radius 1 is 1.15 bits per heavy atom. The fraction of sp³-hybridized carbons (Fsp3) is 0.512. The van der Waals surface area contributed by atoms with E-state index in [1.54, 1.807) is 6.07 Å². The van der Waals surface area contributed by atoms with Gasteiger partial charge in [0.2, 0.25) is 5.91 Å². The van der Waals surface area contributed by atoms with E-state index < -0.39 is 24.1 Å². The molecule has 280 valence electrons. The molecule has 10 nitrogen and oxygen atoms in total. The van der Waals surface area contributed by atoms with Crippen LogP contribution >= 0.6 is 11.3 Å². The van der Waals surface area contributed by atoms with Crippen LogP contribution in [0.3, 0.4) is 0 Å². The first-order chi connectivity index (χ1) is 24.9. The molecular formula is C41H53N3O7S. The maximum Gasteiger partial charge on any atom is 0.412 e.